The monoisotopic (exact) mass is 304 g/mol. The second-order valence-corrected chi connectivity index (χ2v) is 10.2. The molecule has 4 bridgehead atoms. The SMILES string of the molecule is CC12CC3CC(C)(C1)CC(CC(N)Cc1cncs1)(C3)C2. The number of hydrogen-bond donors (Lipinski definition) is 1. The van der Waals surface area contributed by atoms with E-state index in [4.69, 9.17) is 5.73 Å². The van der Waals surface area contributed by atoms with Gasteiger partial charge in [0.15, 0.2) is 0 Å². The minimum absolute atomic E-state index is 0.314. The zero-order chi connectivity index (χ0) is 14.7. The van der Waals surface area contributed by atoms with E-state index in [2.05, 4.69) is 18.8 Å². The van der Waals surface area contributed by atoms with Crippen molar-refractivity contribution in [2.45, 2.75) is 71.3 Å². The third-order valence-corrected chi connectivity index (χ3v) is 7.19. The molecule has 1 aromatic heterocycles. The average molecular weight is 305 g/mol. The molecule has 0 spiro atoms. The normalized spacial score (nSPS) is 46.0. The molecular formula is C18H28N2S. The van der Waals surface area contributed by atoms with E-state index in [1.165, 1.54) is 49.8 Å². The first-order valence-electron chi connectivity index (χ1n) is 8.51. The third-order valence-electron chi connectivity index (χ3n) is 6.38. The predicted molar refractivity (Wildman–Crippen MR) is 88.2 cm³/mol. The van der Waals surface area contributed by atoms with E-state index in [-0.39, 0.29) is 0 Å². The smallest absolute Gasteiger partial charge is 0.0794 e. The summed E-state index contributed by atoms with van der Waals surface area (Å²) in [5.74, 6) is 0.979. The van der Waals surface area contributed by atoms with E-state index in [1.54, 1.807) is 11.3 Å². The molecule has 0 radical (unpaired) electrons. The Labute approximate surface area is 132 Å². The summed E-state index contributed by atoms with van der Waals surface area (Å²) in [6.45, 7) is 5.11. The van der Waals surface area contributed by atoms with Crippen LogP contribution in [0.4, 0.5) is 0 Å². The van der Waals surface area contributed by atoms with Crippen LogP contribution in [-0.4, -0.2) is 11.0 Å². The van der Waals surface area contributed by atoms with Gasteiger partial charge in [0.25, 0.3) is 0 Å². The van der Waals surface area contributed by atoms with Gasteiger partial charge in [0.2, 0.25) is 0 Å². The predicted octanol–water partition coefficient (Wildman–Crippen LogP) is 4.40. The Morgan fingerprint density at radius 2 is 1.95 bits per heavy atom. The van der Waals surface area contributed by atoms with Crippen LogP contribution in [0.3, 0.4) is 0 Å². The van der Waals surface area contributed by atoms with Gasteiger partial charge in [-0.1, -0.05) is 13.8 Å². The molecule has 2 N–H and O–H groups in total. The highest BCUT2D eigenvalue weighted by Crippen LogP contribution is 2.70. The minimum atomic E-state index is 0.314. The van der Waals surface area contributed by atoms with Crippen molar-refractivity contribution >= 4 is 11.3 Å². The number of rotatable bonds is 4. The van der Waals surface area contributed by atoms with Crippen molar-refractivity contribution in [1.29, 1.82) is 0 Å². The zero-order valence-corrected chi connectivity index (χ0v) is 14.2. The fourth-order valence-electron chi connectivity index (χ4n) is 7.14. The number of nitrogens with zero attached hydrogens (tertiary/aromatic N) is 1. The number of aromatic nitrogens is 1. The van der Waals surface area contributed by atoms with Crippen LogP contribution in [0.5, 0.6) is 0 Å². The van der Waals surface area contributed by atoms with Crippen molar-refractivity contribution < 1.29 is 0 Å². The molecule has 2 nitrogen and oxygen atoms in total. The van der Waals surface area contributed by atoms with Crippen molar-refractivity contribution in [3.8, 4) is 0 Å². The molecule has 4 aliphatic carbocycles. The Morgan fingerprint density at radius 1 is 1.24 bits per heavy atom. The molecule has 0 aliphatic heterocycles. The summed E-state index contributed by atoms with van der Waals surface area (Å²) in [5.41, 5.74) is 10.2. The van der Waals surface area contributed by atoms with Crippen molar-refractivity contribution in [3.63, 3.8) is 0 Å². The topological polar surface area (TPSA) is 38.9 Å². The van der Waals surface area contributed by atoms with Gasteiger partial charge in [-0.15, -0.1) is 11.3 Å². The maximum absolute atomic E-state index is 6.55. The molecule has 4 aliphatic rings. The van der Waals surface area contributed by atoms with E-state index in [1.807, 2.05) is 11.7 Å². The molecule has 21 heavy (non-hydrogen) atoms. The zero-order valence-electron chi connectivity index (χ0n) is 13.4. The number of nitrogens with two attached hydrogens (primary N) is 1. The summed E-state index contributed by atoms with van der Waals surface area (Å²) in [5, 5.41) is 0. The van der Waals surface area contributed by atoms with Crippen LogP contribution in [0.1, 0.15) is 63.7 Å². The highest BCUT2D eigenvalue weighted by Gasteiger charge is 2.59. The Bertz CT molecular complexity index is 505. The van der Waals surface area contributed by atoms with Gasteiger partial charge < -0.3 is 5.73 Å². The molecule has 0 aromatic carbocycles. The van der Waals surface area contributed by atoms with Crippen LogP contribution in [-0.2, 0) is 6.42 Å². The Balaban J connectivity index is 1.51. The van der Waals surface area contributed by atoms with Gasteiger partial charge in [0.05, 0.1) is 5.51 Å². The second-order valence-electron chi connectivity index (χ2n) is 9.27. The Hall–Kier alpha value is -0.410. The summed E-state index contributed by atoms with van der Waals surface area (Å²) in [6.07, 6.45) is 13.0. The van der Waals surface area contributed by atoms with Crippen LogP contribution < -0.4 is 5.73 Å². The standard InChI is InChI=1S/C18H28N2S/c1-16-4-13-5-17(2,9-16)11-18(6-13,10-16)7-14(19)3-15-8-20-12-21-15/h8,12-14H,3-7,9-11,19H2,1-2H3. The summed E-state index contributed by atoms with van der Waals surface area (Å²) >= 11 is 1.75. The highest BCUT2D eigenvalue weighted by atomic mass is 32.1. The Kier molecular flexibility index (Phi) is 3.07. The molecule has 0 amide bonds. The lowest BCUT2D eigenvalue weighted by Gasteiger charge is -2.66. The second kappa shape index (κ2) is 4.55. The maximum atomic E-state index is 6.55. The van der Waals surface area contributed by atoms with Crippen LogP contribution in [0.25, 0.3) is 0 Å². The number of hydrogen-bond acceptors (Lipinski definition) is 3. The van der Waals surface area contributed by atoms with Crippen molar-refractivity contribution in [3.05, 3.63) is 16.6 Å². The van der Waals surface area contributed by atoms with Crippen LogP contribution >= 0.6 is 11.3 Å². The van der Waals surface area contributed by atoms with Crippen molar-refractivity contribution in [2.75, 3.05) is 0 Å². The summed E-state index contributed by atoms with van der Waals surface area (Å²) in [6, 6.07) is 0.314. The van der Waals surface area contributed by atoms with Crippen LogP contribution in [0.2, 0.25) is 0 Å². The van der Waals surface area contributed by atoms with Crippen LogP contribution in [0.15, 0.2) is 11.7 Å². The fourth-order valence-corrected chi connectivity index (χ4v) is 7.83. The third kappa shape index (κ3) is 2.57. The first kappa shape index (κ1) is 14.2. The van der Waals surface area contributed by atoms with E-state index >= 15 is 0 Å². The summed E-state index contributed by atoms with van der Waals surface area (Å²) < 4.78 is 0. The lowest BCUT2D eigenvalue weighted by Crippen LogP contribution is -2.56. The van der Waals surface area contributed by atoms with Crippen molar-refractivity contribution in [1.82, 2.24) is 4.98 Å². The number of thiazole rings is 1. The van der Waals surface area contributed by atoms with Crippen LogP contribution in [0, 0.1) is 22.2 Å². The van der Waals surface area contributed by atoms with Gasteiger partial charge in [-0.05, 0) is 73.5 Å². The summed E-state index contributed by atoms with van der Waals surface area (Å²) in [4.78, 5) is 5.54. The lowest BCUT2D eigenvalue weighted by molar-refractivity contribution is -0.149. The molecule has 3 heteroatoms. The lowest BCUT2D eigenvalue weighted by atomic mass is 9.39. The van der Waals surface area contributed by atoms with Gasteiger partial charge in [0.1, 0.15) is 0 Å². The van der Waals surface area contributed by atoms with Gasteiger partial charge in [0, 0.05) is 17.1 Å². The summed E-state index contributed by atoms with van der Waals surface area (Å²) in [7, 11) is 0. The molecule has 1 heterocycles. The maximum Gasteiger partial charge on any atom is 0.0794 e. The molecule has 3 atom stereocenters. The van der Waals surface area contributed by atoms with E-state index in [0.29, 0.717) is 22.3 Å². The molecule has 4 saturated carbocycles. The first-order chi connectivity index (χ1) is 9.88. The molecular weight excluding hydrogens is 276 g/mol. The molecule has 3 unspecified atom stereocenters. The highest BCUT2D eigenvalue weighted by molar-refractivity contribution is 7.09. The van der Waals surface area contributed by atoms with E-state index in [0.717, 1.165) is 12.3 Å². The Morgan fingerprint density at radius 3 is 2.52 bits per heavy atom. The molecule has 116 valence electrons. The fraction of sp³-hybridized carbons (Fsp3) is 0.833. The van der Waals surface area contributed by atoms with Gasteiger partial charge in [-0.25, -0.2) is 0 Å². The molecule has 4 fully saturated rings. The minimum Gasteiger partial charge on any atom is -0.327 e. The van der Waals surface area contributed by atoms with Gasteiger partial charge in [-0.2, -0.15) is 0 Å². The molecule has 0 saturated heterocycles. The van der Waals surface area contributed by atoms with E-state index < -0.39 is 0 Å². The van der Waals surface area contributed by atoms with Crippen molar-refractivity contribution in [2.24, 2.45) is 27.9 Å². The largest absolute Gasteiger partial charge is 0.327 e. The molecule has 5 rings (SSSR count). The van der Waals surface area contributed by atoms with E-state index in [9.17, 15) is 0 Å². The first-order valence-corrected chi connectivity index (χ1v) is 9.39. The molecule has 1 aromatic rings. The quantitative estimate of drug-likeness (QED) is 0.895. The van der Waals surface area contributed by atoms with Gasteiger partial charge in [-0.3, -0.25) is 4.98 Å². The van der Waals surface area contributed by atoms with Gasteiger partial charge >= 0.3 is 0 Å². The average Bonchev–Trinajstić information content (AvgIpc) is 2.74.